The Morgan fingerprint density at radius 3 is 2.48 bits per heavy atom. The fraction of sp³-hybridized carbons (Fsp3) is 0.0769. The fourth-order valence-electron chi connectivity index (χ4n) is 1.65. The van der Waals surface area contributed by atoms with Gasteiger partial charge in [-0.3, -0.25) is 4.72 Å². The molecule has 112 valence electrons. The molecule has 0 fully saturated rings. The smallest absolute Gasteiger partial charge is 0.263 e. The van der Waals surface area contributed by atoms with Crippen LogP contribution in [0.3, 0.4) is 0 Å². The summed E-state index contributed by atoms with van der Waals surface area (Å²) in [4.78, 5) is -0.0100. The van der Waals surface area contributed by atoms with Crippen molar-refractivity contribution in [1.29, 1.82) is 0 Å². The van der Waals surface area contributed by atoms with Crippen LogP contribution in [-0.4, -0.2) is 8.42 Å². The highest BCUT2D eigenvalue weighted by Gasteiger charge is 2.20. The van der Waals surface area contributed by atoms with Crippen molar-refractivity contribution in [2.75, 3.05) is 10.5 Å². The van der Waals surface area contributed by atoms with E-state index < -0.39 is 10.0 Å². The Bertz CT molecular complexity index is 810. The SMILES string of the molecule is Cc1ccc(NS(=O)(=O)c2cc(Cl)cc(N)c2Br)cc1Br. The molecule has 0 bridgehead atoms. The monoisotopic (exact) mass is 452 g/mol. The zero-order chi connectivity index (χ0) is 15.8. The molecule has 0 unspecified atom stereocenters. The van der Waals surface area contributed by atoms with Crippen LogP contribution in [-0.2, 0) is 10.0 Å². The predicted molar refractivity (Wildman–Crippen MR) is 93.3 cm³/mol. The van der Waals surface area contributed by atoms with Gasteiger partial charge in [0.05, 0.1) is 4.47 Å². The van der Waals surface area contributed by atoms with Gasteiger partial charge in [-0.15, -0.1) is 0 Å². The summed E-state index contributed by atoms with van der Waals surface area (Å²) in [5, 5.41) is 0.251. The third-order valence-electron chi connectivity index (χ3n) is 2.75. The molecule has 0 heterocycles. The molecule has 0 amide bonds. The van der Waals surface area contributed by atoms with Crippen LogP contribution in [0.25, 0.3) is 0 Å². The Labute approximate surface area is 145 Å². The van der Waals surface area contributed by atoms with Crippen molar-refractivity contribution in [3.05, 3.63) is 49.9 Å². The quantitative estimate of drug-likeness (QED) is 0.668. The first kappa shape index (κ1) is 16.6. The third-order valence-corrected chi connectivity index (χ3v) is 6.37. The molecule has 8 heteroatoms. The van der Waals surface area contributed by atoms with Crippen molar-refractivity contribution < 1.29 is 8.42 Å². The van der Waals surface area contributed by atoms with Gasteiger partial charge in [-0.1, -0.05) is 33.6 Å². The molecule has 0 saturated heterocycles. The van der Waals surface area contributed by atoms with Crippen molar-refractivity contribution in [3.8, 4) is 0 Å². The third kappa shape index (κ3) is 3.71. The normalized spacial score (nSPS) is 11.4. The van der Waals surface area contributed by atoms with E-state index in [9.17, 15) is 8.42 Å². The second-order valence-electron chi connectivity index (χ2n) is 4.38. The number of hydrogen-bond acceptors (Lipinski definition) is 3. The zero-order valence-corrected chi connectivity index (χ0v) is 15.6. The van der Waals surface area contributed by atoms with E-state index in [0.717, 1.165) is 10.0 Å². The maximum Gasteiger partial charge on any atom is 0.263 e. The minimum absolute atomic E-state index is 0.0100. The van der Waals surface area contributed by atoms with Gasteiger partial charge in [-0.25, -0.2) is 8.42 Å². The van der Waals surface area contributed by atoms with Gasteiger partial charge in [0.15, 0.2) is 0 Å². The van der Waals surface area contributed by atoms with Gasteiger partial charge in [0.2, 0.25) is 0 Å². The molecule has 21 heavy (non-hydrogen) atoms. The molecule has 0 aliphatic rings. The van der Waals surface area contributed by atoms with Gasteiger partial charge in [-0.05, 0) is 52.7 Å². The standard InChI is InChI=1S/C13H11Br2ClN2O2S/c1-7-2-3-9(6-10(7)14)18-21(19,20)12-5-8(16)4-11(17)13(12)15/h2-6,18H,17H2,1H3. The van der Waals surface area contributed by atoms with Gasteiger partial charge in [0.25, 0.3) is 10.0 Å². The molecule has 3 N–H and O–H groups in total. The number of rotatable bonds is 3. The van der Waals surface area contributed by atoms with E-state index in [0.29, 0.717) is 5.69 Å². The molecule has 4 nitrogen and oxygen atoms in total. The molecule has 0 aliphatic heterocycles. The van der Waals surface area contributed by atoms with Crippen molar-refractivity contribution >= 4 is 64.9 Å². The number of sulfonamides is 1. The number of halogens is 3. The van der Waals surface area contributed by atoms with Crippen LogP contribution in [0.1, 0.15) is 5.56 Å². The summed E-state index contributed by atoms with van der Waals surface area (Å²) >= 11 is 12.4. The number of nitrogens with one attached hydrogen (secondary N) is 1. The summed E-state index contributed by atoms with van der Waals surface area (Å²) in [7, 11) is -3.80. The molecule has 0 spiro atoms. The molecular formula is C13H11Br2ClN2O2S. The molecule has 2 aromatic carbocycles. The highest BCUT2D eigenvalue weighted by atomic mass is 79.9. The number of nitrogen functional groups attached to an aromatic ring is 1. The molecule has 2 rings (SSSR count). The summed E-state index contributed by atoms with van der Waals surface area (Å²) in [6.45, 7) is 1.91. The number of benzene rings is 2. The van der Waals surface area contributed by atoms with Crippen molar-refractivity contribution in [2.24, 2.45) is 0 Å². The maximum absolute atomic E-state index is 12.5. The number of nitrogens with two attached hydrogens (primary N) is 1. The average molecular weight is 455 g/mol. The predicted octanol–water partition coefficient (Wildman–Crippen LogP) is 4.56. The Morgan fingerprint density at radius 1 is 1.19 bits per heavy atom. The van der Waals surface area contributed by atoms with Crippen molar-refractivity contribution in [3.63, 3.8) is 0 Å². The average Bonchev–Trinajstić information content (AvgIpc) is 2.37. The first-order valence-corrected chi connectivity index (χ1v) is 9.19. The van der Waals surface area contributed by atoms with Crippen molar-refractivity contribution in [2.45, 2.75) is 11.8 Å². The number of aryl methyl sites for hydroxylation is 1. The minimum atomic E-state index is -3.80. The molecule has 0 aromatic heterocycles. The van der Waals surface area contributed by atoms with Crippen LogP contribution in [0.2, 0.25) is 5.02 Å². The van der Waals surface area contributed by atoms with E-state index in [1.54, 1.807) is 12.1 Å². The molecular weight excluding hydrogens is 443 g/mol. The van der Waals surface area contributed by atoms with Crippen LogP contribution in [0.15, 0.2) is 44.2 Å². The van der Waals surface area contributed by atoms with Crippen molar-refractivity contribution in [1.82, 2.24) is 0 Å². The lowest BCUT2D eigenvalue weighted by molar-refractivity contribution is 0.601. The lowest BCUT2D eigenvalue weighted by Crippen LogP contribution is -2.14. The Kier molecular flexibility index (Phi) is 4.87. The van der Waals surface area contributed by atoms with E-state index in [2.05, 4.69) is 36.6 Å². The fourth-order valence-corrected chi connectivity index (χ4v) is 4.37. The van der Waals surface area contributed by atoms with Crippen LogP contribution in [0.5, 0.6) is 0 Å². The van der Waals surface area contributed by atoms with Gasteiger partial charge >= 0.3 is 0 Å². The highest BCUT2D eigenvalue weighted by Crippen LogP contribution is 2.33. The zero-order valence-electron chi connectivity index (χ0n) is 10.8. The molecule has 0 saturated carbocycles. The van der Waals surface area contributed by atoms with Crippen LogP contribution in [0, 0.1) is 6.92 Å². The summed E-state index contributed by atoms with van der Waals surface area (Å²) < 4.78 is 28.5. The lowest BCUT2D eigenvalue weighted by Gasteiger charge is -2.12. The Morgan fingerprint density at radius 2 is 1.86 bits per heavy atom. The van der Waals surface area contributed by atoms with E-state index >= 15 is 0 Å². The number of hydrogen-bond donors (Lipinski definition) is 2. The second kappa shape index (κ2) is 6.16. The Balaban J connectivity index is 2.45. The minimum Gasteiger partial charge on any atom is -0.398 e. The first-order chi connectivity index (χ1) is 9.70. The molecule has 0 aliphatic carbocycles. The number of anilines is 2. The van der Waals surface area contributed by atoms with Gasteiger partial charge in [-0.2, -0.15) is 0 Å². The van der Waals surface area contributed by atoms with Crippen LogP contribution in [0.4, 0.5) is 11.4 Å². The summed E-state index contributed by atoms with van der Waals surface area (Å²) in [5.41, 5.74) is 7.43. The summed E-state index contributed by atoms with van der Waals surface area (Å²) in [6.07, 6.45) is 0. The summed E-state index contributed by atoms with van der Waals surface area (Å²) in [6, 6.07) is 8.00. The largest absolute Gasteiger partial charge is 0.398 e. The van der Waals surface area contributed by atoms with Gasteiger partial charge in [0, 0.05) is 20.9 Å². The molecule has 2 aromatic rings. The second-order valence-corrected chi connectivity index (χ2v) is 8.11. The van der Waals surface area contributed by atoms with E-state index in [-0.39, 0.29) is 20.1 Å². The van der Waals surface area contributed by atoms with Crippen LogP contribution >= 0.6 is 43.5 Å². The topological polar surface area (TPSA) is 72.2 Å². The van der Waals surface area contributed by atoms with E-state index in [4.69, 9.17) is 17.3 Å². The van der Waals surface area contributed by atoms with E-state index in [1.165, 1.54) is 12.1 Å². The van der Waals surface area contributed by atoms with Crippen LogP contribution < -0.4 is 10.5 Å². The molecule has 0 atom stereocenters. The van der Waals surface area contributed by atoms with E-state index in [1.807, 2.05) is 13.0 Å². The first-order valence-electron chi connectivity index (χ1n) is 5.74. The van der Waals surface area contributed by atoms with Gasteiger partial charge in [0.1, 0.15) is 4.90 Å². The lowest BCUT2D eigenvalue weighted by atomic mass is 10.2. The maximum atomic E-state index is 12.5. The molecule has 0 radical (unpaired) electrons. The Hall–Kier alpha value is -0.760. The van der Waals surface area contributed by atoms with Gasteiger partial charge < -0.3 is 5.73 Å². The summed E-state index contributed by atoms with van der Waals surface area (Å²) in [5.74, 6) is 0. The highest BCUT2D eigenvalue weighted by molar-refractivity contribution is 9.11.